The van der Waals surface area contributed by atoms with Crippen molar-refractivity contribution >= 4 is 6.29 Å². The Labute approximate surface area is 142 Å². The first-order valence-electron chi connectivity index (χ1n) is 8.48. The SMILES string of the molecule is COc1cc(C=O)c(OCC2CCCCC2c2ccccc2)cn1. The summed E-state index contributed by atoms with van der Waals surface area (Å²) >= 11 is 0. The molecule has 3 rings (SSSR count). The van der Waals surface area contributed by atoms with Gasteiger partial charge in [-0.25, -0.2) is 4.98 Å². The summed E-state index contributed by atoms with van der Waals surface area (Å²) in [6.45, 7) is 0.606. The van der Waals surface area contributed by atoms with E-state index in [1.165, 1.54) is 31.9 Å². The topological polar surface area (TPSA) is 48.4 Å². The van der Waals surface area contributed by atoms with Crippen molar-refractivity contribution in [1.29, 1.82) is 0 Å². The van der Waals surface area contributed by atoms with Gasteiger partial charge in [-0.05, 0) is 30.2 Å². The van der Waals surface area contributed by atoms with Crippen LogP contribution in [-0.4, -0.2) is 25.0 Å². The van der Waals surface area contributed by atoms with E-state index in [2.05, 4.69) is 35.3 Å². The maximum atomic E-state index is 11.3. The minimum Gasteiger partial charge on any atom is -0.491 e. The van der Waals surface area contributed by atoms with Gasteiger partial charge in [0.2, 0.25) is 5.88 Å². The predicted octanol–water partition coefficient (Wildman–Crippen LogP) is 4.26. The first kappa shape index (κ1) is 16.5. The van der Waals surface area contributed by atoms with Gasteiger partial charge in [0.1, 0.15) is 5.75 Å². The second-order valence-electron chi connectivity index (χ2n) is 6.26. The number of aldehydes is 1. The summed E-state index contributed by atoms with van der Waals surface area (Å²) < 4.78 is 11.0. The molecule has 2 aromatic rings. The van der Waals surface area contributed by atoms with Crippen molar-refractivity contribution in [3.63, 3.8) is 0 Å². The molecule has 4 heteroatoms. The Balaban J connectivity index is 1.71. The van der Waals surface area contributed by atoms with Gasteiger partial charge in [-0.2, -0.15) is 0 Å². The fourth-order valence-corrected chi connectivity index (χ4v) is 3.51. The Morgan fingerprint density at radius 1 is 1.21 bits per heavy atom. The minimum atomic E-state index is 0.421. The largest absolute Gasteiger partial charge is 0.491 e. The van der Waals surface area contributed by atoms with Gasteiger partial charge in [0.25, 0.3) is 0 Å². The lowest BCUT2D eigenvalue weighted by Crippen LogP contribution is -2.24. The molecule has 0 saturated heterocycles. The third-order valence-electron chi connectivity index (χ3n) is 4.80. The molecule has 0 bridgehead atoms. The van der Waals surface area contributed by atoms with Crippen molar-refractivity contribution in [3.05, 3.63) is 53.7 Å². The number of hydrogen-bond donors (Lipinski definition) is 0. The second kappa shape index (κ2) is 7.95. The van der Waals surface area contributed by atoms with Crippen LogP contribution >= 0.6 is 0 Å². The number of carbonyl (C=O) groups excluding carboxylic acids is 1. The Kier molecular flexibility index (Phi) is 5.47. The Morgan fingerprint density at radius 3 is 2.75 bits per heavy atom. The van der Waals surface area contributed by atoms with Crippen LogP contribution in [0.5, 0.6) is 11.6 Å². The number of pyridine rings is 1. The molecule has 0 spiro atoms. The summed E-state index contributed by atoms with van der Waals surface area (Å²) in [5, 5.41) is 0. The first-order valence-corrected chi connectivity index (χ1v) is 8.48. The lowest BCUT2D eigenvalue weighted by molar-refractivity contribution is 0.111. The average molecular weight is 325 g/mol. The molecule has 2 unspecified atom stereocenters. The van der Waals surface area contributed by atoms with Gasteiger partial charge in [0, 0.05) is 6.07 Å². The molecule has 126 valence electrons. The molecule has 1 aromatic carbocycles. The molecular formula is C20H23NO3. The van der Waals surface area contributed by atoms with Crippen LogP contribution in [0, 0.1) is 5.92 Å². The zero-order valence-corrected chi connectivity index (χ0v) is 14.0. The van der Waals surface area contributed by atoms with Gasteiger partial charge in [0.05, 0.1) is 25.5 Å². The Hall–Kier alpha value is -2.36. The molecule has 1 saturated carbocycles. The molecule has 1 fully saturated rings. The van der Waals surface area contributed by atoms with Gasteiger partial charge >= 0.3 is 0 Å². The molecular weight excluding hydrogens is 302 g/mol. The fraction of sp³-hybridized carbons (Fsp3) is 0.400. The molecule has 0 aliphatic heterocycles. The van der Waals surface area contributed by atoms with Crippen LogP contribution in [0.15, 0.2) is 42.6 Å². The van der Waals surface area contributed by atoms with E-state index >= 15 is 0 Å². The van der Waals surface area contributed by atoms with E-state index in [0.29, 0.717) is 35.6 Å². The highest BCUT2D eigenvalue weighted by atomic mass is 16.5. The number of nitrogens with zero attached hydrogens (tertiary/aromatic N) is 1. The third-order valence-corrected chi connectivity index (χ3v) is 4.80. The molecule has 2 atom stereocenters. The van der Waals surface area contributed by atoms with Crippen molar-refractivity contribution in [2.45, 2.75) is 31.6 Å². The fourth-order valence-electron chi connectivity index (χ4n) is 3.51. The summed E-state index contributed by atoms with van der Waals surface area (Å²) in [6, 6.07) is 12.3. The van der Waals surface area contributed by atoms with Crippen molar-refractivity contribution in [2.75, 3.05) is 13.7 Å². The molecule has 1 aliphatic rings. The molecule has 0 amide bonds. The molecule has 1 aromatic heterocycles. The molecule has 1 heterocycles. The Bertz CT molecular complexity index is 672. The number of methoxy groups -OCH3 is 1. The molecule has 1 aliphatic carbocycles. The summed E-state index contributed by atoms with van der Waals surface area (Å²) in [7, 11) is 1.53. The highest BCUT2D eigenvalue weighted by Crippen LogP contribution is 2.38. The number of rotatable bonds is 6. The van der Waals surface area contributed by atoms with E-state index in [1.807, 2.05) is 0 Å². The number of aromatic nitrogens is 1. The number of benzene rings is 1. The van der Waals surface area contributed by atoms with E-state index in [1.54, 1.807) is 12.3 Å². The van der Waals surface area contributed by atoms with Gasteiger partial charge < -0.3 is 9.47 Å². The molecule has 0 radical (unpaired) electrons. The summed E-state index contributed by atoms with van der Waals surface area (Å²) in [5.41, 5.74) is 1.86. The first-order chi connectivity index (χ1) is 11.8. The lowest BCUT2D eigenvalue weighted by Gasteiger charge is -2.32. The van der Waals surface area contributed by atoms with Gasteiger partial charge in [-0.3, -0.25) is 4.79 Å². The normalized spacial score (nSPS) is 20.4. The van der Waals surface area contributed by atoms with Gasteiger partial charge in [-0.1, -0.05) is 43.2 Å². The van der Waals surface area contributed by atoms with E-state index in [0.717, 1.165) is 12.7 Å². The van der Waals surface area contributed by atoms with Crippen LogP contribution in [0.2, 0.25) is 0 Å². The maximum absolute atomic E-state index is 11.3. The maximum Gasteiger partial charge on any atom is 0.213 e. The van der Waals surface area contributed by atoms with Gasteiger partial charge in [0.15, 0.2) is 6.29 Å². The summed E-state index contributed by atoms with van der Waals surface area (Å²) in [5.74, 6) is 1.93. The number of carbonyl (C=O) groups is 1. The number of ether oxygens (including phenoxy) is 2. The van der Waals surface area contributed by atoms with Crippen LogP contribution in [0.4, 0.5) is 0 Å². The van der Waals surface area contributed by atoms with Crippen LogP contribution in [0.1, 0.15) is 47.5 Å². The lowest BCUT2D eigenvalue weighted by atomic mass is 9.76. The third kappa shape index (κ3) is 3.75. The van der Waals surface area contributed by atoms with E-state index in [9.17, 15) is 4.79 Å². The van der Waals surface area contributed by atoms with Crippen molar-refractivity contribution in [1.82, 2.24) is 4.98 Å². The van der Waals surface area contributed by atoms with E-state index in [4.69, 9.17) is 9.47 Å². The van der Waals surface area contributed by atoms with Crippen LogP contribution in [0.25, 0.3) is 0 Å². The van der Waals surface area contributed by atoms with Gasteiger partial charge in [-0.15, -0.1) is 0 Å². The zero-order chi connectivity index (χ0) is 16.8. The van der Waals surface area contributed by atoms with Crippen LogP contribution in [0.3, 0.4) is 0 Å². The van der Waals surface area contributed by atoms with E-state index < -0.39 is 0 Å². The molecule has 0 N–H and O–H groups in total. The zero-order valence-electron chi connectivity index (χ0n) is 14.0. The monoisotopic (exact) mass is 325 g/mol. The highest BCUT2D eigenvalue weighted by molar-refractivity contribution is 5.79. The second-order valence-corrected chi connectivity index (χ2v) is 6.26. The summed E-state index contributed by atoms with van der Waals surface area (Å²) in [4.78, 5) is 15.4. The van der Waals surface area contributed by atoms with Crippen LogP contribution in [-0.2, 0) is 0 Å². The molecule has 24 heavy (non-hydrogen) atoms. The van der Waals surface area contributed by atoms with E-state index in [-0.39, 0.29) is 0 Å². The highest BCUT2D eigenvalue weighted by Gasteiger charge is 2.27. The standard InChI is InChI=1S/C20H23NO3/c1-23-20-11-17(13-22)19(12-21-20)24-14-16-9-5-6-10-18(16)15-7-3-2-4-8-15/h2-4,7-8,11-13,16,18H,5-6,9-10,14H2,1H3. The number of hydrogen-bond acceptors (Lipinski definition) is 4. The van der Waals surface area contributed by atoms with Crippen molar-refractivity contribution in [2.24, 2.45) is 5.92 Å². The Morgan fingerprint density at radius 2 is 2.00 bits per heavy atom. The quantitative estimate of drug-likeness (QED) is 0.745. The minimum absolute atomic E-state index is 0.421. The van der Waals surface area contributed by atoms with Crippen molar-refractivity contribution < 1.29 is 14.3 Å². The van der Waals surface area contributed by atoms with Crippen molar-refractivity contribution in [3.8, 4) is 11.6 Å². The average Bonchev–Trinajstić information content (AvgIpc) is 2.67. The summed E-state index contributed by atoms with van der Waals surface area (Å²) in [6.07, 6.45) is 7.20. The predicted molar refractivity (Wildman–Crippen MR) is 92.8 cm³/mol. The smallest absolute Gasteiger partial charge is 0.213 e. The molecule has 4 nitrogen and oxygen atoms in total. The van der Waals surface area contributed by atoms with Crippen LogP contribution < -0.4 is 9.47 Å².